The van der Waals surface area contributed by atoms with Crippen molar-refractivity contribution >= 4 is 5.91 Å². The van der Waals surface area contributed by atoms with Crippen molar-refractivity contribution in [2.75, 3.05) is 19.6 Å². The third-order valence-corrected chi connectivity index (χ3v) is 2.58. The molecule has 0 radical (unpaired) electrons. The van der Waals surface area contributed by atoms with Gasteiger partial charge in [0.1, 0.15) is 6.54 Å². The van der Waals surface area contributed by atoms with Crippen LogP contribution in [0.2, 0.25) is 0 Å². The van der Waals surface area contributed by atoms with Crippen LogP contribution in [0.3, 0.4) is 0 Å². The zero-order valence-electron chi connectivity index (χ0n) is 8.44. The molecular weight excluding hydrogens is 225 g/mol. The molecule has 1 amide bonds. The fraction of sp³-hybridized carbons (Fsp3) is 0.875. The molecule has 1 saturated heterocycles. The molecule has 1 fully saturated rings. The molecule has 0 aliphatic carbocycles. The van der Waals surface area contributed by atoms with Gasteiger partial charge >= 0.3 is 6.18 Å². The van der Waals surface area contributed by atoms with Crippen molar-refractivity contribution in [3.63, 3.8) is 0 Å². The zero-order chi connectivity index (χ0) is 12.2. The predicted octanol–water partition coefficient (Wildman–Crippen LogP) is 2.10. The first kappa shape index (κ1) is 12.6. The van der Waals surface area contributed by atoms with Crippen LogP contribution in [-0.4, -0.2) is 36.6 Å². The summed E-state index contributed by atoms with van der Waals surface area (Å²) < 4.78 is 36.9. The molecule has 0 saturated carbocycles. The van der Waals surface area contributed by atoms with Gasteiger partial charge in [-0.05, 0) is 18.4 Å². The highest BCUT2D eigenvalue weighted by atomic mass is 19.4. The number of hydrogen-bond acceptors (Lipinski definition) is 2. The van der Waals surface area contributed by atoms with Crippen molar-refractivity contribution < 1.29 is 18.0 Å². The van der Waals surface area contributed by atoms with E-state index < -0.39 is 18.0 Å². The number of alkyl halides is 3. The van der Waals surface area contributed by atoms with Gasteiger partial charge in [-0.3, -0.25) is 4.79 Å². The van der Waals surface area contributed by atoms with Crippen molar-refractivity contribution in [2.24, 2.45) is 11.0 Å². The van der Waals surface area contributed by atoms with Crippen molar-refractivity contribution in [2.45, 2.75) is 19.0 Å². The molecule has 0 unspecified atom stereocenters. The van der Waals surface area contributed by atoms with Gasteiger partial charge in [-0.15, -0.1) is 0 Å². The number of azide groups is 1. The molecule has 1 aliphatic rings. The second-order valence-electron chi connectivity index (χ2n) is 3.59. The van der Waals surface area contributed by atoms with E-state index in [0.29, 0.717) is 0 Å². The molecular formula is C8H11F3N4O. The smallest absolute Gasteiger partial charge is 0.343 e. The van der Waals surface area contributed by atoms with Gasteiger partial charge in [0.15, 0.2) is 0 Å². The minimum Gasteiger partial charge on any atom is -0.343 e. The molecule has 1 heterocycles. The molecule has 0 spiro atoms. The van der Waals surface area contributed by atoms with Crippen molar-refractivity contribution in [1.29, 1.82) is 0 Å². The number of rotatable bonds is 2. The van der Waals surface area contributed by atoms with Gasteiger partial charge in [0.05, 0.1) is 5.92 Å². The molecule has 0 aromatic rings. The average Bonchev–Trinajstić information content (AvgIpc) is 2.25. The van der Waals surface area contributed by atoms with Crippen LogP contribution in [0.1, 0.15) is 12.8 Å². The Morgan fingerprint density at radius 3 is 2.44 bits per heavy atom. The van der Waals surface area contributed by atoms with E-state index in [0.717, 1.165) is 0 Å². The number of hydrogen-bond donors (Lipinski definition) is 0. The quantitative estimate of drug-likeness (QED) is 0.411. The van der Waals surface area contributed by atoms with Gasteiger partial charge in [0.25, 0.3) is 0 Å². The summed E-state index contributed by atoms with van der Waals surface area (Å²) in [6.45, 7) is -0.179. The van der Waals surface area contributed by atoms with Crippen LogP contribution in [0.25, 0.3) is 10.4 Å². The summed E-state index contributed by atoms with van der Waals surface area (Å²) in [6, 6.07) is 0. The van der Waals surface area contributed by atoms with Gasteiger partial charge in [-0.25, -0.2) is 0 Å². The van der Waals surface area contributed by atoms with Crippen molar-refractivity contribution in [3.05, 3.63) is 10.4 Å². The third kappa shape index (κ3) is 3.30. The van der Waals surface area contributed by atoms with Gasteiger partial charge < -0.3 is 4.90 Å². The summed E-state index contributed by atoms with van der Waals surface area (Å²) >= 11 is 0. The molecule has 0 aromatic heterocycles. The summed E-state index contributed by atoms with van der Waals surface area (Å²) in [7, 11) is 0. The molecule has 0 bridgehead atoms. The zero-order valence-corrected chi connectivity index (χ0v) is 8.44. The second-order valence-corrected chi connectivity index (χ2v) is 3.59. The lowest BCUT2D eigenvalue weighted by molar-refractivity contribution is -0.186. The fourth-order valence-electron chi connectivity index (χ4n) is 1.65. The van der Waals surface area contributed by atoms with E-state index in [4.69, 9.17) is 5.53 Å². The summed E-state index contributed by atoms with van der Waals surface area (Å²) in [5, 5.41) is 3.08. The number of likely N-dealkylation sites (tertiary alicyclic amines) is 1. The van der Waals surface area contributed by atoms with Crippen LogP contribution in [0.5, 0.6) is 0 Å². The largest absolute Gasteiger partial charge is 0.391 e. The van der Waals surface area contributed by atoms with E-state index >= 15 is 0 Å². The highest BCUT2D eigenvalue weighted by molar-refractivity contribution is 5.78. The first-order valence-electron chi connectivity index (χ1n) is 4.80. The average molecular weight is 236 g/mol. The maximum Gasteiger partial charge on any atom is 0.391 e. The summed E-state index contributed by atoms with van der Waals surface area (Å²) in [5.74, 6) is -1.74. The molecule has 0 aromatic carbocycles. The fourth-order valence-corrected chi connectivity index (χ4v) is 1.65. The molecule has 0 N–H and O–H groups in total. The summed E-state index contributed by atoms with van der Waals surface area (Å²) in [4.78, 5) is 15.0. The Morgan fingerprint density at radius 1 is 1.44 bits per heavy atom. The molecule has 0 atom stereocenters. The Hall–Kier alpha value is -1.43. The lowest BCUT2D eigenvalue weighted by atomic mass is 9.96. The number of carbonyl (C=O) groups excluding carboxylic acids is 1. The SMILES string of the molecule is [N-]=[N+]=NCC(=O)N1CCC(C(F)(F)F)CC1. The Morgan fingerprint density at radius 2 is 2.00 bits per heavy atom. The normalized spacial score (nSPS) is 18.1. The van der Waals surface area contributed by atoms with E-state index in [1.807, 2.05) is 0 Å². The van der Waals surface area contributed by atoms with Crippen LogP contribution in [0.15, 0.2) is 5.11 Å². The minimum atomic E-state index is -4.18. The maximum absolute atomic E-state index is 12.3. The number of carbonyl (C=O) groups is 1. The Balaban J connectivity index is 2.43. The Kier molecular flexibility index (Phi) is 4.00. The van der Waals surface area contributed by atoms with Gasteiger partial charge in [-0.1, -0.05) is 5.11 Å². The summed E-state index contributed by atoms with van der Waals surface area (Å²) in [6.07, 6.45) is -4.34. The molecule has 1 aliphatic heterocycles. The first-order valence-corrected chi connectivity index (χ1v) is 4.80. The first-order chi connectivity index (χ1) is 7.45. The monoisotopic (exact) mass is 236 g/mol. The van der Waals surface area contributed by atoms with Gasteiger partial charge in [0, 0.05) is 18.0 Å². The number of amides is 1. The highest BCUT2D eigenvalue weighted by Crippen LogP contribution is 2.33. The topological polar surface area (TPSA) is 69.1 Å². The van der Waals surface area contributed by atoms with Gasteiger partial charge in [0.2, 0.25) is 5.91 Å². The van der Waals surface area contributed by atoms with Crippen molar-refractivity contribution in [1.82, 2.24) is 4.90 Å². The van der Waals surface area contributed by atoms with Crippen LogP contribution < -0.4 is 0 Å². The molecule has 5 nitrogen and oxygen atoms in total. The van der Waals surface area contributed by atoms with Crippen LogP contribution in [0, 0.1) is 5.92 Å². The second kappa shape index (κ2) is 5.07. The van der Waals surface area contributed by atoms with Crippen LogP contribution >= 0.6 is 0 Å². The molecule has 90 valence electrons. The molecule has 1 rings (SSSR count). The van der Waals surface area contributed by atoms with E-state index in [1.54, 1.807) is 0 Å². The highest BCUT2D eigenvalue weighted by Gasteiger charge is 2.41. The minimum absolute atomic E-state index is 0.0734. The van der Waals surface area contributed by atoms with Crippen LogP contribution in [0.4, 0.5) is 13.2 Å². The lowest BCUT2D eigenvalue weighted by Crippen LogP contribution is -2.42. The van der Waals surface area contributed by atoms with E-state index in [2.05, 4.69) is 10.0 Å². The lowest BCUT2D eigenvalue weighted by Gasteiger charge is -2.32. The Labute approximate surface area is 89.8 Å². The van der Waals surface area contributed by atoms with Crippen molar-refractivity contribution in [3.8, 4) is 0 Å². The van der Waals surface area contributed by atoms with E-state index in [1.165, 1.54) is 4.90 Å². The molecule has 16 heavy (non-hydrogen) atoms. The summed E-state index contributed by atoms with van der Waals surface area (Å²) in [5.41, 5.74) is 8.00. The van der Waals surface area contributed by atoms with E-state index in [9.17, 15) is 18.0 Å². The predicted molar refractivity (Wildman–Crippen MR) is 49.4 cm³/mol. The molecule has 8 heteroatoms. The van der Waals surface area contributed by atoms with Gasteiger partial charge in [-0.2, -0.15) is 13.2 Å². The number of halogens is 3. The van der Waals surface area contributed by atoms with E-state index in [-0.39, 0.29) is 32.5 Å². The number of nitrogens with zero attached hydrogens (tertiary/aromatic N) is 4. The Bertz CT molecular complexity index is 303. The van der Waals surface area contributed by atoms with Crippen LogP contribution in [-0.2, 0) is 4.79 Å². The third-order valence-electron chi connectivity index (χ3n) is 2.58. The standard InChI is InChI=1S/C8H11F3N4O/c9-8(10,11)6-1-3-15(4-2-6)7(16)5-13-14-12/h6H,1-5H2. The maximum atomic E-state index is 12.3. The number of piperidine rings is 1.